The summed E-state index contributed by atoms with van der Waals surface area (Å²) < 4.78 is 4.42. The Morgan fingerprint density at radius 2 is 2.25 bits per heavy atom. The molecule has 0 aromatic carbocycles. The number of esters is 1. The summed E-state index contributed by atoms with van der Waals surface area (Å²) in [5.74, 6) is 1.44. The minimum atomic E-state index is -0.725. The molecular weight excluding hydrogens is 158 g/mol. The van der Waals surface area contributed by atoms with Gasteiger partial charge >= 0.3 is 5.97 Å². The van der Waals surface area contributed by atoms with Crippen LogP contribution in [-0.2, 0) is 14.3 Å². The Bertz CT molecular complexity index is 217. The van der Waals surface area contributed by atoms with Crippen LogP contribution >= 0.6 is 0 Å². The molecule has 0 radical (unpaired) electrons. The van der Waals surface area contributed by atoms with Gasteiger partial charge in [-0.2, -0.15) is 0 Å². The minimum absolute atomic E-state index is 0.145. The van der Waals surface area contributed by atoms with Gasteiger partial charge in [0.15, 0.2) is 0 Å². The summed E-state index contributed by atoms with van der Waals surface area (Å²) >= 11 is 0. The van der Waals surface area contributed by atoms with Crippen LogP contribution in [0, 0.1) is 12.3 Å². The lowest BCUT2D eigenvalue weighted by atomic mass is 10.2. The van der Waals surface area contributed by atoms with Gasteiger partial charge in [-0.25, -0.2) is 4.79 Å². The van der Waals surface area contributed by atoms with Gasteiger partial charge in [0.2, 0.25) is 5.91 Å². The number of hydrogen-bond donors (Lipinski definition) is 1. The molecule has 12 heavy (non-hydrogen) atoms. The maximum absolute atomic E-state index is 10.9. The Kier molecular flexibility index (Phi) is 4.54. The number of carbonyl (C=O) groups is 2. The first-order valence-electron chi connectivity index (χ1n) is 3.40. The molecule has 0 rings (SSSR count). The first-order valence-corrected chi connectivity index (χ1v) is 3.40. The number of carbonyl (C=O) groups excluding carboxylic acids is 2. The predicted octanol–water partition coefficient (Wildman–Crippen LogP) is -0.313. The highest BCUT2D eigenvalue weighted by Crippen LogP contribution is 1.93. The van der Waals surface area contributed by atoms with Gasteiger partial charge in [0, 0.05) is 13.3 Å². The number of hydrogen-bond acceptors (Lipinski definition) is 3. The second-order valence-electron chi connectivity index (χ2n) is 2.18. The highest BCUT2D eigenvalue weighted by atomic mass is 16.5. The van der Waals surface area contributed by atoms with Crippen molar-refractivity contribution in [3.05, 3.63) is 0 Å². The molecule has 1 amide bonds. The maximum Gasteiger partial charge on any atom is 0.329 e. The van der Waals surface area contributed by atoms with E-state index in [1.165, 1.54) is 14.0 Å². The van der Waals surface area contributed by atoms with E-state index in [-0.39, 0.29) is 12.3 Å². The van der Waals surface area contributed by atoms with Crippen molar-refractivity contribution in [1.82, 2.24) is 5.32 Å². The molecule has 0 aliphatic heterocycles. The van der Waals surface area contributed by atoms with Crippen molar-refractivity contribution in [2.24, 2.45) is 0 Å². The van der Waals surface area contributed by atoms with Crippen LogP contribution < -0.4 is 5.32 Å². The molecule has 66 valence electrons. The van der Waals surface area contributed by atoms with E-state index in [2.05, 4.69) is 16.0 Å². The van der Waals surface area contributed by atoms with Gasteiger partial charge in [0.05, 0.1) is 7.11 Å². The first-order chi connectivity index (χ1) is 5.61. The summed E-state index contributed by atoms with van der Waals surface area (Å²) in [6, 6.07) is -0.725. The lowest BCUT2D eigenvalue weighted by molar-refractivity contribution is -0.144. The molecule has 0 aromatic rings. The van der Waals surface area contributed by atoms with Gasteiger partial charge in [-0.1, -0.05) is 0 Å². The van der Waals surface area contributed by atoms with E-state index in [0.29, 0.717) is 0 Å². The van der Waals surface area contributed by atoms with Crippen LogP contribution in [0.25, 0.3) is 0 Å². The Labute approximate surface area is 71.3 Å². The lowest BCUT2D eigenvalue weighted by Gasteiger charge is -2.11. The average Bonchev–Trinajstić information content (AvgIpc) is 2.01. The molecule has 0 heterocycles. The third-order valence-electron chi connectivity index (χ3n) is 1.19. The number of terminal acetylenes is 1. The molecule has 0 bridgehead atoms. The summed E-state index contributed by atoms with van der Waals surface area (Å²) in [7, 11) is 1.24. The van der Waals surface area contributed by atoms with E-state index in [0.717, 1.165) is 0 Å². The Morgan fingerprint density at radius 3 is 2.58 bits per heavy atom. The summed E-state index contributed by atoms with van der Waals surface area (Å²) in [4.78, 5) is 21.5. The van der Waals surface area contributed by atoms with Crippen LogP contribution in [0.1, 0.15) is 13.3 Å². The van der Waals surface area contributed by atoms with E-state index in [1.54, 1.807) is 0 Å². The fourth-order valence-electron chi connectivity index (χ4n) is 0.699. The smallest absolute Gasteiger partial charge is 0.329 e. The molecule has 4 nitrogen and oxygen atoms in total. The summed E-state index contributed by atoms with van der Waals surface area (Å²) in [6.07, 6.45) is 5.13. The summed E-state index contributed by atoms with van der Waals surface area (Å²) in [5.41, 5.74) is 0. The van der Waals surface area contributed by atoms with Crippen molar-refractivity contribution in [3.63, 3.8) is 0 Å². The van der Waals surface area contributed by atoms with Gasteiger partial charge in [-0.05, 0) is 0 Å². The van der Waals surface area contributed by atoms with Gasteiger partial charge in [0.1, 0.15) is 6.04 Å². The van der Waals surface area contributed by atoms with Gasteiger partial charge < -0.3 is 10.1 Å². The third-order valence-corrected chi connectivity index (χ3v) is 1.19. The average molecular weight is 169 g/mol. The molecule has 0 unspecified atom stereocenters. The Morgan fingerprint density at radius 1 is 1.67 bits per heavy atom. The van der Waals surface area contributed by atoms with Crippen molar-refractivity contribution in [2.45, 2.75) is 19.4 Å². The zero-order valence-electron chi connectivity index (χ0n) is 7.09. The molecule has 0 saturated carbocycles. The quantitative estimate of drug-likeness (QED) is 0.465. The number of methoxy groups -OCH3 is 1. The molecule has 0 aromatic heterocycles. The van der Waals surface area contributed by atoms with Crippen molar-refractivity contribution in [1.29, 1.82) is 0 Å². The zero-order chi connectivity index (χ0) is 9.56. The molecule has 0 spiro atoms. The van der Waals surface area contributed by atoms with Crippen molar-refractivity contribution < 1.29 is 14.3 Å². The Balaban J connectivity index is 4.14. The summed E-state index contributed by atoms with van der Waals surface area (Å²) in [5, 5.41) is 2.38. The van der Waals surface area contributed by atoms with Gasteiger partial charge in [-0.3, -0.25) is 4.79 Å². The van der Waals surface area contributed by atoms with Crippen LogP contribution in [0.4, 0.5) is 0 Å². The highest BCUT2D eigenvalue weighted by Gasteiger charge is 2.18. The topological polar surface area (TPSA) is 55.4 Å². The van der Waals surface area contributed by atoms with E-state index >= 15 is 0 Å². The van der Waals surface area contributed by atoms with Crippen LogP contribution in [0.15, 0.2) is 0 Å². The zero-order valence-corrected chi connectivity index (χ0v) is 7.09. The molecule has 0 fully saturated rings. The van der Waals surface area contributed by atoms with E-state index in [9.17, 15) is 9.59 Å². The van der Waals surface area contributed by atoms with Crippen molar-refractivity contribution in [3.8, 4) is 12.3 Å². The van der Waals surface area contributed by atoms with E-state index in [4.69, 9.17) is 6.42 Å². The monoisotopic (exact) mass is 169 g/mol. The first kappa shape index (κ1) is 10.5. The van der Waals surface area contributed by atoms with Crippen molar-refractivity contribution >= 4 is 11.9 Å². The number of ether oxygens (including phenoxy) is 1. The van der Waals surface area contributed by atoms with Crippen LogP contribution in [0.2, 0.25) is 0 Å². The normalized spacial score (nSPS) is 11.1. The standard InChI is InChI=1S/C8H11NO3/c1-4-5-7(8(11)12-3)9-6(2)10/h1,7H,5H2,2-3H3,(H,9,10)/t7-/m1/s1. The fourth-order valence-corrected chi connectivity index (χ4v) is 0.699. The molecular formula is C8H11NO3. The predicted molar refractivity (Wildman–Crippen MR) is 43.1 cm³/mol. The van der Waals surface area contributed by atoms with E-state index in [1.807, 2.05) is 0 Å². The number of nitrogens with one attached hydrogen (secondary N) is 1. The van der Waals surface area contributed by atoms with Crippen LogP contribution in [0.3, 0.4) is 0 Å². The molecule has 0 aliphatic rings. The fraction of sp³-hybridized carbons (Fsp3) is 0.500. The SMILES string of the molecule is C#CC[C@@H](NC(C)=O)C(=O)OC. The Hall–Kier alpha value is -1.50. The minimum Gasteiger partial charge on any atom is -0.467 e. The molecule has 0 aliphatic carbocycles. The lowest BCUT2D eigenvalue weighted by Crippen LogP contribution is -2.40. The maximum atomic E-state index is 10.9. The second kappa shape index (κ2) is 5.19. The molecule has 1 N–H and O–H groups in total. The molecule has 4 heteroatoms. The summed E-state index contributed by atoms with van der Waals surface area (Å²) in [6.45, 7) is 1.31. The van der Waals surface area contributed by atoms with Gasteiger partial charge in [0.25, 0.3) is 0 Å². The molecule has 1 atom stereocenters. The van der Waals surface area contributed by atoms with Crippen LogP contribution in [0.5, 0.6) is 0 Å². The van der Waals surface area contributed by atoms with Crippen LogP contribution in [-0.4, -0.2) is 25.0 Å². The van der Waals surface area contributed by atoms with Crippen molar-refractivity contribution in [2.75, 3.05) is 7.11 Å². The van der Waals surface area contributed by atoms with Gasteiger partial charge in [-0.15, -0.1) is 12.3 Å². The second-order valence-corrected chi connectivity index (χ2v) is 2.18. The molecule has 0 saturated heterocycles. The third kappa shape index (κ3) is 3.62. The number of amides is 1. The largest absolute Gasteiger partial charge is 0.467 e. The number of rotatable bonds is 3. The highest BCUT2D eigenvalue weighted by molar-refractivity contribution is 5.83. The van der Waals surface area contributed by atoms with E-state index < -0.39 is 12.0 Å².